The lowest BCUT2D eigenvalue weighted by atomic mass is 9.87. The molecule has 0 aliphatic carbocycles. The van der Waals surface area contributed by atoms with Crippen molar-refractivity contribution in [3.63, 3.8) is 0 Å². The Kier molecular flexibility index (Phi) is 7.83. The number of rotatable bonds is 7. The summed E-state index contributed by atoms with van der Waals surface area (Å²) >= 11 is 1.54. The second-order valence-corrected chi connectivity index (χ2v) is 12.2. The van der Waals surface area contributed by atoms with E-state index < -0.39 is 0 Å². The summed E-state index contributed by atoms with van der Waals surface area (Å²) in [7, 11) is 1.58. The van der Waals surface area contributed by atoms with Crippen LogP contribution in [0.15, 0.2) is 36.4 Å². The molecule has 0 fully saturated rings. The van der Waals surface area contributed by atoms with E-state index in [1.165, 1.54) is 11.8 Å². The molecule has 2 aromatic carbocycles. The summed E-state index contributed by atoms with van der Waals surface area (Å²) in [5.74, 6) is 1.81. The third kappa shape index (κ3) is 5.30. The van der Waals surface area contributed by atoms with Crippen LogP contribution in [0.25, 0.3) is 5.69 Å². The molecular weight excluding hydrogens is 528 g/mol. The highest BCUT2D eigenvalue weighted by molar-refractivity contribution is 8.00. The molecular formula is C30H36N4O5S. The van der Waals surface area contributed by atoms with Crippen LogP contribution < -0.4 is 19.7 Å². The Hall–Kier alpha value is -3.50. The molecule has 10 heteroatoms. The van der Waals surface area contributed by atoms with Gasteiger partial charge in [-0.05, 0) is 48.7 Å². The normalized spacial score (nSPS) is 16.6. The average Bonchev–Trinajstić information content (AvgIpc) is 3.51. The molecule has 5 rings (SSSR count). The maximum atomic E-state index is 13.8. The first-order valence-electron chi connectivity index (χ1n) is 13.4. The highest BCUT2D eigenvalue weighted by Gasteiger charge is 2.40. The van der Waals surface area contributed by atoms with Gasteiger partial charge in [0.2, 0.25) is 18.6 Å². The van der Waals surface area contributed by atoms with E-state index in [2.05, 4.69) is 46.0 Å². The number of aryl methyl sites for hydroxylation is 1. The highest BCUT2D eigenvalue weighted by Crippen LogP contribution is 2.50. The molecule has 0 unspecified atom stereocenters. The minimum atomic E-state index is -0.345. The fourth-order valence-electron chi connectivity index (χ4n) is 5.04. The zero-order valence-electron chi connectivity index (χ0n) is 23.9. The zero-order valence-corrected chi connectivity index (χ0v) is 24.7. The van der Waals surface area contributed by atoms with Crippen LogP contribution in [0, 0.1) is 13.8 Å². The van der Waals surface area contributed by atoms with Crippen molar-refractivity contribution in [1.82, 2.24) is 15.1 Å². The average molecular weight is 565 g/mol. The van der Waals surface area contributed by atoms with E-state index in [1.54, 1.807) is 12.0 Å². The van der Waals surface area contributed by atoms with Gasteiger partial charge in [-0.1, -0.05) is 39.0 Å². The maximum absolute atomic E-state index is 13.8. The lowest BCUT2D eigenvalue weighted by Gasteiger charge is -2.25. The van der Waals surface area contributed by atoms with Gasteiger partial charge in [0.1, 0.15) is 12.4 Å². The van der Waals surface area contributed by atoms with Gasteiger partial charge in [0, 0.05) is 24.6 Å². The predicted octanol–water partition coefficient (Wildman–Crippen LogP) is 4.45. The molecule has 1 aromatic heterocycles. The third-order valence-electron chi connectivity index (χ3n) is 7.23. The number of carbonyl (C=O) groups is 2. The van der Waals surface area contributed by atoms with Crippen LogP contribution in [-0.2, 0) is 19.7 Å². The van der Waals surface area contributed by atoms with Gasteiger partial charge in [-0.25, -0.2) is 4.68 Å². The van der Waals surface area contributed by atoms with Crippen LogP contribution in [0.5, 0.6) is 11.5 Å². The molecule has 2 amide bonds. The van der Waals surface area contributed by atoms with Gasteiger partial charge in [0.15, 0.2) is 11.5 Å². The van der Waals surface area contributed by atoms with Gasteiger partial charge >= 0.3 is 0 Å². The number of aromatic nitrogens is 2. The first-order valence-corrected chi connectivity index (χ1v) is 14.4. The Morgan fingerprint density at radius 1 is 1.18 bits per heavy atom. The maximum Gasteiger partial charge on any atom is 0.240 e. The number of amides is 2. The van der Waals surface area contributed by atoms with Crippen molar-refractivity contribution in [2.45, 2.75) is 45.3 Å². The summed E-state index contributed by atoms with van der Waals surface area (Å²) in [6.45, 7) is 11.3. The summed E-state index contributed by atoms with van der Waals surface area (Å²) in [5, 5.41) is 7.84. The summed E-state index contributed by atoms with van der Waals surface area (Å²) in [5.41, 5.74) is 5.49. The molecule has 9 nitrogen and oxygen atoms in total. The monoisotopic (exact) mass is 564 g/mol. The number of nitrogens with one attached hydrogen (secondary N) is 1. The van der Waals surface area contributed by atoms with Crippen molar-refractivity contribution < 1.29 is 23.8 Å². The van der Waals surface area contributed by atoms with Crippen LogP contribution in [0.3, 0.4) is 0 Å². The van der Waals surface area contributed by atoms with Crippen molar-refractivity contribution in [2.75, 3.05) is 44.3 Å². The van der Waals surface area contributed by atoms with Crippen LogP contribution in [0.2, 0.25) is 0 Å². The number of nitrogens with zero attached hydrogens (tertiary/aromatic N) is 3. The lowest BCUT2D eigenvalue weighted by molar-refractivity contribution is -0.123. The Morgan fingerprint density at radius 3 is 2.70 bits per heavy atom. The third-order valence-corrected chi connectivity index (χ3v) is 8.49. The molecule has 3 aromatic rings. The fourth-order valence-corrected chi connectivity index (χ4v) is 6.23. The van der Waals surface area contributed by atoms with Gasteiger partial charge in [-0.2, -0.15) is 5.10 Å². The number of methoxy groups -OCH3 is 1. The summed E-state index contributed by atoms with van der Waals surface area (Å²) < 4.78 is 18.2. The molecule has 40 heavy (non-hydrogen) atoms. The number of ether oxygens (including phenoxy) is 3. The van der Waals surface area contributed by atoms with E-state index in [4.69, 9.17) is 19.3 Å². The van der Waals surface area contributed by atoms with Crippen molar-refractivity contribution in [1.29, 1.82) is 0 Å². The summed E-state index contributed by atoms with van der Waals surface area (Å²) in [6.07, 6.45) is 0. The standard InChI is InChI=1S/C30H36N4O5S/c1-18-8-7-9-21(19(18)2)34-29-26(28(32-34)30(3,4)5)27(20-10-11-22-23(14-20)39-17-38-22)40-16-25(36)33(29)15-24(35)31-12-13-37-6/h7-11,14,27H,12-13,15-17H2,1-6H3,(H,31,35)/t27-/m0/s1. The largest absolute Gasteiger partial charge is 0.454 e. The van der Waals surface area contributed by atoms with Crippen molar-refractivity contribution in [3.8, 4) is 17.2 Å². The fraction of sp³-hybridized carbons (Fsp3) is 0.433. The van der Waals surface area contributed by atoms with Crippen LogP contribution >= 0.6 is 11.8 Å². The first kappa shape index (κ1) is 28.0. The van der Waals surface area contributed by atoms with Gasteiger partial charge in [0.25, 0.3) is 0 Å². The Balaban J connectivity index is 1.74. The Morgan fingerprint density at radius 2 is 1.95 bits per heavy atom. The van der Waals surface area contributed by atoms with E-state index in [1.807, 2.05) is 35.0 Å². The van der Waals surface area contributed by atoms with Crippen LogP contribution in [0.4, 0.5) is 5.82 Å². The van der Waals surface area contributed by atoms with Crippen molar-refractivity contribution >= 4 is 29.4 Å². The second-order valence-electron chi connectivity index (χ2n) is 11.1. The summed E-state index contributed by atoms with van der Waals surface area (Å²) in [4.78, 5) is 28.5. The van der Waals surface area contributed by atoms with Crippen LogP contribution in [0.1, 0.15) is 54.0 Å². The molecule has 2 aliphatic rings. The molecule has 3 heterocycles. The molecule has 1 N–H and O–H groups in total. The van der Waals surface area contributed by atoms with Crippen LogP contribution in [-0.4, -0.2) is 60.9 Å². The van der Waals surface area contributed by atoms with E-state index >= 15 is 0 Å². The summed E-state index contributed by atoms with van der Waals surface area (Å²) in [6, 6.07) is 12.0. The number of fused-ring (bicyclic) bond motifs is 2. The molecule has 0 radical (unpaired) electrons. The molecule has 0 bridgehead atoms. The van der Waals surface area contributed by atoms with Gasteiger partial charge in [-0.15, -0.1) is 11.8 Å². The number of carbonyl (C=O) groups excluding carboxylic acids is 2. The Bertz CT molecular complexity index is 1440. The number of hydrogen-bond acceptors (Lipinski definition) is 7. The highest BCUT2D eigenvalue weighted by atomic mass is 32.2. The van der Waals surface area contributed by atoms with E-state index in [-0.39, 0.29) is 41.6 Å². The zero-order chi connectivity index (χ0) is 28.6. The van der Waals surface area contributed by atoms with Crippen molar-refractivity contribution in [2.24, 2.45) is 0 Å². The number of benzene rings is 2. The molecule has 0 saturated heterocycles. The molecule has 1 atom stereocenters. The molecule has 2 aliphatic heterocycles. The minimum absolute atomic E-state index is 0.121. The van der Waals surface area contributed by atoms with E-state index in [9.17, 15) is 9.59 Å². The number of thioether (sulfide) groups is 1. The smallest absolute Gasteiger partial charge is 0.240 e. The molecule has 0 saturated carbocycles. The molecule has 212 valence electrons. The van der Waals surface area contributed by atoms with Gasteiger partial charge < -0.3 is 19.5 Å². The Labute approximate surface area is 239 Å². The first-order chi connectivity index (χ1) is 19.1. The topological polar surface area (TPSA) is 94.9 Å². The second kappa shape index (κ2) is 11.2. The van der Waals surface area contributed by atoms with Crippen molar-refractivity contribution in [3.05, 3.63) is 64.3 Å². The number of anilines is 1. The number of hydrogen-bond donors (Lipinski definition) is 1. The van der Waals surface area contributed by atoms with E-state index in [0.29, 0.717) is 30.5 Å². The quantitative estimate of drug-likeness (QED) is 0.424. The van der Waals surface area contributed by atoms with Gasteiger partial charge in [0.05, 0.1) is 29.0 Å². The van der Waals surface area contributed by atoms with E-state index in [0.717, 1.165) is 33.6 Å². The SMILES string of the molecule is COCCNC(=O)CN1C(=O)CS[C@@H](c2ccc3c(c2)OCO3)c2c(C(C)(C)C)nn(-c3cccc(C)c3C)c21. The minimum Gasteiger partial charge on any atom is -0.454 e. The molecule has 0 spiro atoms. The van der Waals surface area contributed by atoms with Gasteiger partial charge in [-0.3, -0.25) is 14.5 Å². The predicted molar refractivity (Wildman–Crippen MR) is 156 cm³/mol. The lowest BCUT2D eigenvalue weighted by Crippen LogP contribution is -2.43.